The van der Waals surface area contributed by atoms with Crippen LogP contribution < -0.4 is 10.5 Å². The molecule has 9 nitrogen and oxygen atoms in total. The quantitative estimate of drug-likeness (QED) is 0.265. The number of fused-ring (bicyclic) bond motifs is 2. The molecule has 4 N–H and O–H groups in total. The summed E-state index contributed by atoms with van der Waals surface area (Å²) in [5, 5.41) is 15.4. The number of thiazole rings is 1. The molecule has 0 saturated heterocycles. The van der Waals surface area contributed by atoms with Gasteiger partial charge in [0.2, 0.25) is 5.95 Å². The van der Waals surface area contributed by atoms with Crippen molar-refractivity contribution in [3.05, 3.63) is 65.3 Å². The summed E-state index contributed by atoms with van der Waals surface area (Å²) < 4.78 is 70.5. The van der Waals surface area contributed by atoms with Gasteiger partial charge < -0.3 is 20.7 Å². The van der Waals surface area contributed by atoms with E-state index in [-0.39, 0.29) is 5.95 Å². The second kappa shape index (κ2) is 12.1. The fourth-order valence-electron chi connectivity index (χ4n) is 3.30. The minimum Gasteiger partial charge on any atom is -0.493 e. The first-order valence-corrected chi connectivity index (χ1v) is 11.8. The van der Waals surface area contributed by atoms with E-state index in [2.05, 4.69) is 28.2 Å². The number of anilines is 1. The van der Waals surface area contributed by atoms with Crippen molar-refractivity contribution in [1.29, 1.82) is 0 Å². The van der Waals surface area contributed by atoms with Crippen molar-refractivity contribution < 1.29 is 50.9 Å². The Kier molecular flexibility index (Phi) is 9.13. The molecule has 0 spiro atoms. The molecule has 0 aliphatic carbocycles. The van der Waals surface area contributed by atoms with Gasteiger partial charge in [0.05, 0.1) is 22.5 Å². The summed E-state index contributed by atoms with van der Waals surface area (Å²) in [5.74, 6) is -3.94. The van der Waals surface area contributed by atoms with Crippen LogP contribution in [-0.2, 0) is 16.0 Å². The number of para-hydroxylation sites is 1. The first-order chi connectivity index (χ1) is 18.6. The number of hydrogen-bond donors (Lipinski definition) is 3. The van der Waals surface area contributed by atoms with Crippen molar-refractivity contribution in [1.82, 2.24) is 15.0 Å². The Morgan fingerprint density at radius 1 is 0.950 bits per heavy atom. The third-order valence-electron chi connectivity index (χ3n) is 5.09. The van der Waals surface area contributed by atoms with Crippen LogP contribution in [0, 0.1) is 0 Å². The number of halogens is 6. The van der Waals surface area contributed by atoms with Gasteiger partial charge in [0, 0.05) is 17.7 Å². The number of nitrogen functional groups attached to an aromatic ring is 1. The van der Waals surface area contributed by atoms with Crippen LogP contribution in [0.4, 0.5) is 32.3 Å². The second-order valence-corrected chi connectivity index (χ2v) is 9.02. The number of alkyl halides is 6. The Bertz CT molecular complexity index is 1490. The molecule has 2 aromatic heterocycles. The molecule has 212 valence electrons. The van der Waals surface area contributed by atoms with E-state index in [0.717, 1.165) is 38.7 Å². The minimum absolute atomic E-state index is 0.283. The summed E-state index contributed by atoms with van der Waals surface area (Å²) in [4.78, 5) is 30.9. The predicted molar refractivity (Wildman–Crippen MR) is 131 cm³/mol. The summed E-state index contributed by atoms with van der Waals surface area (Å²) in [6.45, 7) is 0.673. The van der Waals surface area contributed by atoms with Crippen molar-refractivity contribution in [3.8, 4) is 17.0 Å². The smallest absolute Gasteiger partial charge is 0.490 e. The van der Waals surface area contributed by atoms with E-state index < -0.39 is 24.3 Å². The lowest BCUT2D eigenvalue weighted by molar-refractivity contribution is -0.193. The minimum atomic E-state index is -5.08. The van der Waals surface area contributed by atoms with Crippen molar-refractivity contribution in [3.63, 3.8) is 0 Å². The summed E-state index contributed by atoms with van der Waals surface area (Å²) in [7, 11) is 0. The van der Waals surface area contributed by atoms with Gasteiger partial charge in [-0.3, -0.25) is 0 Å². The fraction of sp³-hybridized carbons (Fsp3) is 0.208. The second-order valence-electron chi connectivity index (χ2n) is 7.96. The van der Waals surface area contributed by atoms with Gasteiger partial charge >= 0.3 is 24.3 Å². The molecule has 5 rings (SSSR count). The number of aromatic nitrogens is 3. The molecule has 1 aliphatic rings. The van der Waals surface area contributed by atoms with Gasteiger partial charge in [-0.05, 0) is 36.2 Å². The zero-order valence-electron chi connectivity index (χ0n) is 19.9. The Balaban J connectivity index is 0.000000263. The largest absolute Gasteiger partial charge is 0.493 e. The molecule has 3 heterocycles. The molecule has 1 atom stereocenters. The molecule has 2 aromatic carbocycles. The lowest BCUT2D eigenvalue weighted by Crippen LogP contribution is -2.21. The van der Waals surface area contributed by atoms with Crippen LogP contribution in [0.25, 0.3) is 21.5 Å². The van der Waals surface area contributed by atoms with E-state index in [1.165, 1.54) is 5.56 Å². The third-order valence-corrected chi connectivity index (χ3v) is 6.27. The number of rotatable bonds is 2. The molecule has 0 bridgehead atoms. The standard InChI is InChI=1S/C20H16N4OS.2C2HF3O2/c21-20-22-8-7-15(24-20)12-5-6-16-18(10-12)26-19(23-16)14-9-13-3-1-2-4-17(13)25-11-14;2*3-2(4,5)1(6)7/h1-8,10,14H,9,11H2,(H2,21,22,24);2*(H,6,7). The van der Waals surface area contributed by atoms with Gasteiger partial charge in [-0.15, -0.1) is 11.3 Å². The number of nitrogens with two attached hydrogens (primary N) is 1. The number of aliphatic carboxylic acids is 2. The molecule has 40 heavy (non-hydrogen) atoms. The maximum Gasteiger partial charge on any atom is 0.490 e. The van der Waals surface area contributed by atoms with Gasteiger partial charge in [0.1, 0.15) is 10.8 Å². The van der Waals surface area contributed by atoms with E-state index >= 15 is 0 Å². The van der Waals surface area contributed by atoms with Crippen LogP contribution in [0.5, 0.6) is 5.75 Å². The normalized spacial score (nSPS) is 14.5. The number of carboxylic acids is 2. The monoisotopic (exact) mass is 588 g/mol. The van der Waals surface area contributed by atoms with Gasteiger partial charge in [-0.25, -0.2) is 24.5 Å². The lowest BCUT2D eigenvalue weighted by Gasteiger charge is -2.23. The highest BCUT2D eigenvalue weighted by Gasteiger charge is 2.38. The van der Waals surface area contributed by atoms with E-state index in [1.807, 2.05) is 30.3 Å². The molecule has 0 radical (unpaired) electrons. The first-order valence-electron chi connectivity index (χ1n) is 11.0. The van der Waals surface area contributed by atoms with Crippen LogP contribution in [0.1, 0.15) is 16.5 Å². The Morgan fingerprint density at radius 2 is 1.57 bits per heavy atom. The number of benzene rings is 2. The predicted octanol–water partition coefficient (Wildman–Crippen LogP) is 5.32. The van der Waals surface area contributed by atoms with Gasteiger partial charge in [-0.2, -0.15) is 26.3 Å². The highest BCUT2D eigenvalue weighted by molar-refractivity contribution is 7.18. The molecule has 4 aromatic rings. The van der Waals surface area contributed by atoms with Crippen LogP contribution in [-0.4, -0.2) is 56.1 Å². The zero-order chi connectivity index (χ0) is 29.7. The van der Waals surface area contributed by atoms with E-state index in [1.54, 1.807) is 17.5 Å². The highest BCUT2D eigenvalue weighted by Crippen LogP contribution is 2.36. The number of carboxylic acid groups (broad SMARTS) is 2. The Labute approximate surface area is 224 Å². The summed E-state index contributed by atoms with van der Waals surface area (Å²) >= 11 is 1.73. The average molecular weight is 588 g/mol. The van der Waals surface area contributed by atoms with E-state index in [9.17, 15) is 26.3 Å². The van der Waals surface area contributed by atoms with E-state index in [0.29, 0.717) is 12.5 Å². The number of nitrogens with zero attached hydrogens (tertiary/aromatic N) is 3. The highest BCUT2D eigenvalue weighted by atomic mass is 32.1. The summed E-state index contributed by atoms with van der Waals surface area (Å²) in [6.07, 6.45) is -7.53. The third kappa shape index (κ3) is 8.02. The molecule has 0 amide bonds. The molecular formula is C24H18F6N4O5S. The molecule has 0 fully saturated rings. The maximum absolute atomic E-state index is 10.6. The van der Waals surface area contributed by atoms with Crippen molar-refractivity contribution in [2.24, 2.45) is 0 Å². The zero-order valence-corrected chi connectivity index (χ0v) is 20.7. The topological polar surface area (TPSA) is 149 Å². The maximum atomic E-state index is 10.6. The van der Waals surface area contributed by atoms with Gasteiger partial charge in [0.15, 0.2) is 0 Å². The van der Waals surface area contributed by atoms with Crippen LogP contribution in [0.2, 0.25) is 0 Å². The Morgan fingerprint density at radius 3 is 2.17 bits per heavy atom. The van der Waals surface area contributed by atoms with Crippen molar-refractivity contribution in [2.75, 3.05) is 12.3 Å². The van der Waals surface area contributed by atoms with Crippen LogP contribution in [0.3, 0.4) is 0 Å². The number of hydrogen-bond acceptors (Lipinski definition) is 8. The number of carbonyl (C=O) groups is 2. The van der Waals surface area contributed by atoms with Crippen LogP contribution >= 0.6 is 11.3 Å². The molecule has 0 saturated carbocycles. The molecule has 16 heteroatoms. The molecule has 1 unspecified atom stereocenters. The molecular weight excluding hydrogens is 570 g/mol. The van der Waals surface area contributed by atoms with Crippen LogP contribution in [0.15, 0.2) is 54.7 Å². The summed E-state index contributed by atoms with van der Waals surface area (Å²) in [5.41, 5.74) is 9.81. The SMILES string of the molecule is Nc1nccc(-c2ccc3nc(C4COc5ccccc5C4)sc3c2)n1.O=C(O)C(F)(F)F.O=C(O)C(F)(F)F. The summed E-state index contributed by atoms with van der Waals surface area (Å²) in [6, 6.07) is 16.3. The van der Waals surface area contributed by atoms with E-state index in [4.69, 9.17) is 35.3 Å². The Hall–Kier alpha value is -4.47. The average Bonchev–Trinajstić information content (AvgIpc) is 3.31. The lowest BCUT2D eigenvalue weighted by atomic mass is 9.97. The fourth-order valence-corrected chi connectivity index (χ4v) is 4.39. The number of ether oxygens (including phenoxy) is 1. The first kappa shape index (κ1) is 30.1. The van der Waals surface area contributed by atoms with Gasteiger partial charge in [-0.1, -0.05) is 24.3 Å². The van der Waals surface area contributed by atoms with Crippen molar-refractivity contribution in [2.45, 2.75) is 24.7 Å². The van der Waals surface area contributed by atoms with Crippen molar-refractivity contribution >= 4 is 39.4 Å². The molecule has 1 aliphatic heterocycles. The van der Waals surface area contributed by atoms with Gasteiger partial charge in [0.25, 0.3) is 0 Å².